The lowest BCUT2D eigenvalue weighted by Gasteiger charge is -2.18. The van der Waals surface area contributed by atoms with Crippen LogP contribution in [0.4, 0.5) is 4.39 Å². The summed E-state index contributed by atoms with van der Waals surface area (Å²) in [5, 5.41) is 0. The van der Waals surface area contributed by atoms with E-state index < -0.39 is 0 Å². The maximum absolute atomic E-state index is 13.9. The summed E-state index contributed by atoms with van der Waals surface area (Å²) in [4.78, 5) is 12.6. The zero-order valence-electron chi connectivity index (χ0n) is 12.0. The SMILES string of the molecule is COc1ccc2c(c1)CC/C(=C/c1ccc(Br)cc1F)C2=O. The van der Waals surface area contributed by atoms with Crippen molar-refractivity contribution in [2.45, 2.75) is 12.8 Å². The van der Waals surface area contributed by atoms with Crippen LogP contribution in [0.2, 0.25) is 0 Å². The monoisotopic (exact) mass is 360 g/mol. The maximum Gasteiger partial charge on any atom is 0.189 e. The standard InChI is InChI=1S/C18H14BrFO2/c1-22-15-6-7-16-11(9-15)2-3-13(18(16)21)8-12-4-5-14(19)10-17(12)20/h4-10H,2-3H2,1H3/b13-8-. The molecule has 112 valence electrons. The molecule has 0 unspecified atom stereocenters. The highest BCUT2D eigenvalue weighted by Crippen LogP contribution is 2.30. The molecule has 0 radical (unpaired) electrons. The number of fused-ring (bicyclic) bond motifs is 1. The minimum atomic E-state index is -0.338. The van der Waals surface area contributed by atoms with Gasteiger partial charge in [-0.05, 0) is 54.8 Å². The minimum Gasteiger partial charge on any atom is -0.497 e. The van der Waals surface area contributed by atoms with E-state index in [2.05, 4.69) is 15.9 Å². The van der Waals surface area contributed by atoms with Crippen LogP contribution >= 0.6 is 15.9 Å². The van der Waals surface area contributed by atoms with E-state index in [1.165, 1.54) is 6.07 Å². The number of carbonyl (C=O) groups excluding carboxylic acids is 1. The van der Waals surface area contributed by atoms with Crippen molar-refractivity contribution in [1.82, 2.24) is 0 Å². The molecule has 0 spiro atoms. The second kappa shape index (κ2) is 6.05. The summed E-state index contributed by atoms with van der Waals surface area (Å²) in [5.74, 6) is 0.374. The van der Waals surface area contributed by atoms with Gasteiger partial charge in [0.05, 0.1) is 7.11 Å². The number of Topliss-reactive ketones (excluding diaryl/α,β-unsaturated/α-hetero) is 1. The largest absolute Gasteiger partial charge is 0.497 e. The van der Waals surface area contributed by atoms with Crippen molar-refractivity contribution in [2.75, 3.05) is 7.11 Å². The molecule has 2 aromatic carbocycles. The smallest absolute Gasteiger partial charge is 0.189 e. The van der Waals surface area contributed by atoms with Gasteiger partial charge in [0.25, 0.3) is 0 Å². The fourth-order valence-corrected chi connectivity index (χ4v) is 2.96. The summed E-state index contributed by atoms with van der Waals surface area (Å²) in [7, 11) is 1.61. The van der Waals surface area contributed by atoms with E-state index >= 15 is 0 Å². The highest BCUT2D eigenvalue weighted by molar-refractivity contribution is 9.10. The van der Waals surface area contributed by atoms with Gasteiger partial charge >= 0.3 is 0 Å². The Morgan fingerprint density at radius 3 is 2.73 bits per heavy atom. The van der Waals surface area contributed by atoms with Crippen molar-refractivity contribution < 1.29 is 13.9 Å². The molecule has 0 aliphatic heterocycles. The zero-order valence-corrected chi connectivity index (χ0v) is 13.6. The molecule has 22 heavy (non-hydrogen) atoms. The lowest BCUT2D eigenvalue weighted by molar-refractivity contribution is 0.102. The lowest BCUT2D eigenvalue weighted by atomic mass is 9.86. The van der Waals surface area contributed by atoms with Crippen molar-refractivity contribution in [3.05, 3.63) is 69.0 Å². The summed E-state index contributed by atoms with van der Waals surface area (Å²) in [5.41, 5.74) is 2.73. The Hall–Kier alpha value is -1.94. The minimum absolute atomic E-state index is 0.0359. The van der Waals surface area contributed by atoms with Crippen molar-refractivity contribution in [3.8, 4) is 5.75 Å². The van der Waals surface area contributed by atoms with E-state index in [0.29, 0.717) is 27.6 Å². The number of carbonyl (C=O) groups is 1. The number of halogens is 2. The van der Waals surface area contributed by atoms with Crippen LogP contribution in [0, 0.1) is 5.82 Å². The summed E-state index contributed by atoms with van der Waals surface area (Å²) >= 11 is 3.23. The number of aryl methyl sites for hydroxylation is 1. The molecule has 0 fully saturated rings. The zero-order chi connectivity index (χ0) is 15.7. The quantitative estimate of drug-likeness (QED) is 0.718. The summed E-state index contributed by atoms with van der Waals surface area (Å²) < 4.78 is 19.8. The molecule has 0 bridgehead atoms. The molecular formula is C18H14BrFO2. The highest BCUT2D eigenvalue weighted by Gasteiger charge is 2.22. The van der Waals surface area contributed by atoms with Crippen LogP contribution in [0.1, 0.15) is 27.9 Å². The first-order chi connectivity index (χ1) is 10.6. The van der Waals surface area contributed by atoms with Crippen LogP contribution in [0.3, 0.4) is 0 Å². The second-order valence-electron chi connectivity index (χ2n) is 5.19. The van der Waals surface area contributed by atoms with Crippen LogP contribution < -0.4 is 4.74 Å². The van der Waals surface area contributed by atoms with Crippen LogP contribution in [-0.2, 0) is 6.42 Å². The Balaban J connectivity index is 1.97. The van der Waals surface area contributed by atoms with E-state index in [4.69, 9.17) is 4.74 Å². The van der Waals surface area contributed by atoms with Crippen LogP contribution in [-0.4, -0.2) is 12.9 Å². The Morgan fingerprint density at radius 2 is 2.00 bits per heavy atom. The molecule has 4 heteroatoms. The Labute approximate surface area is 136 Å². The Morgan fingerprint density at radius 1 is 1.18 bits per heavy atom. The summed E-state index contributed by atoms with van der Waals surface area (Å²) in [6.07, 6.45) is 3.01. The van der Waals surface area contributed by atoms with Gasteiger partial charge in [-0.3, -0.25) is 4.79 Å². The number of allylic oxidation sites excluding steroid dienone is 1. The number of methoxy groups -OCH3 is 1. The lowest BCUT2D eigenvalue weighted by Crippen LogP contribution is -2.14. The van der Waals surface area contributed by atoms with Gasteiger partial charge in [0.1, 0.15) is 11.6 Å². The molecule has 0 heterocycles. The van der Waals surface area contributed by atoms with Crippen LogP contribution in [0.5, 0.6) is 5.75 Å². The van der Waals surface area contributed by atoms with Crippen LogP contribution in [0.15, 0.2) is 46.4 Å². The van der Waals surface area contributed by atoms with E-state index in [-0.39, 0.29) is 11.6 Å². The number of ketones is 1. The van der Waals surface area contributed by atoms with Crippen molar-refractivity contribution in [3.63, 3.8) is 0 Å². The molecule has 0 saturated heterocycles. The molecule has 0 N–H and O–H groups in total. The Kier molecular flexibility index (Phi) is 4.12. The van der Waals surface area contributed by atoms with E-state index in [1.807, 2.05) is 6.07 Å². The van der Waals surface area contributed by atoms with Crippen molar-refractivity contribution in [2.24, 2.45) is 0 Å². The van der Waals surface area contributed by atoms with Gasteiger partial charge in [-0.2, -0.15) is 0 Å². The number of benzene rings is 2. The predicted molar refractivity (Wildman–Crippen MR) is 87.7 cm³/mol. The molecule has 1 aliphatic rings. The summed E-state index contributed by atoms with van der Waals surface area (Å²) in [6, 6.07) is 10.3. The molecule has 0 atom stereocenters. The fraction of sp³-hybridized carbons (Fsp3) is 0.167. The average Bonchev–Trinajstić information content (AvgIpc) is 2.52. The van der Waals surface area contributed by atoms with Crippen LogP contribution in [0.25, 0.3) is 6.08 Å². The molecule has 0 saturated carbocycles. The Bertz CT molecular complexity index is 781. The average molecular weight is 361 g/mol. The molecular weight excluding hydrogens is 347 g/mol. The van der Waals surface area contributed by atoms with Gasteiger partial charge in [0, 0.05) is 21.2 Å². The van der Waals surface area contributed by atoms with Gasteiger partial charge in [-0.1, -0.05) is 22.0 Å². The number of ether oxygens (including phenoxy) is 1. The first-order valence-electron chi connectivity index (χ1n) is 6.95. The first-order valence-corrected chi connectivity index (χ1v) is 7.75. The molecule has 2 nitrogen and oxygen atoms in total. The van der Waals surface area contributed by atoms with Crippen molar-refractivity contribution in [1.29, 1.82) is 0 Å². The number of hydrogen-bond donors (Lipinski definition) is 0. The number of rotatable bonds is 2. The highest BCUT2D eigenvalue weighted by atomic mass is 79.9. The van der Waals surface area contributed by atoms with Gasteiger partial charge < -0.3 is 4.74 Å². The predicted octanol–water partition coefficient (Wildman–Crippen LogP) is 4.81. The molecule has 1 aliphatic carbocycles. The second-order valence-corrected chi connectivity index (χ2v) is 6.10. The normalized spacial score (nSPS) is 15.8. The fourth-order valence-electron chi connectivity index (χ4n) is 2.63. The number of hydrogen-bond acceptors (Lipinski definition) is 2. The van der Waals surface area contributed by atoms with Gasteiger partial charge in [-0.15, -0.1) is 0 Å². The molecule has 0 aromatic heterocycles. The van der Waals surface area contributed by atoms with Gasteiger partial charge in [-0.25, -0.2) is 4.39 Å². The van der Waals surface area contributed by atoms with E-state index in [0.717, 1.165) is 17.7 Å². The van der Waals surface area contributed by atoms with Gasteiger partial charge in [0.2, 0.25) is 0 Å². The first kappa shape index (κ1) is 15.0. The third kappa shape index (κ3) is 2.83. The summed E-state index contributed by atoms with van der Waals surface area (Å²) in [6.45, 7) is 0. The molecule has 0 amide bonds. The third-order valence-corrected chi connectivity index (χ3v) is 4.30. The van der Waals surface area contributed by atoms with Gasteiger partial charge in [0.15, 0.2) is 5.78 Å². The third-order valence-electron chi connectivity index (χ3n) is 3.80. The van der Waals surface area contributed by atoms with E-state index in [1.54, 1.807) is 37.5 Å². The van der Waals surface area contributed by atoms with E-state index in [9.17, 15) is 9.18 Å². The maximum atomic E-state index is 13.9. The topological polar surface area (TPSA) is 26.3 Å². The van der Waals surface area contributed by atoms with Crippen molar-refractivity contribution >= 4 is 27.8 Å². The molecule has 3 rings (SSSR count). The molecule has 2 aromatic rings.